The maximum Gasteiger partial charge on any atom is 0.273 e. The van der Waals surface area contributed by atoms with Gasteiger partial charge in [0, 0.05) is 21.7 Å². The number of thiophene rings is 1. The molecular formula is C13H13N3OS. The topological polar surface area (TPSA) is 50.7 Å². The standard InChI is InChI=1S/C13H13N3OS/c1-8-11-6-14-15-13(17)12(11)9(2)16(8)7-10-4-3-5-18-10/h3-6H,7H2,1-2H3,(H,15,17). The van der Waals surface area contributed by atoms with Crippen molar-refractivity contribution in [3.05, 3.63) is 50.3 Å². The fourth-order valence-corrected chi connectivity index (χ4v) is 3.05. The summed E-state index contributed by atoms with van der Waals surface area (Å²) in [7, 11) is 0. The molecule has 0 spiro atoms. The Kier molecular flexibility index (Phi) is 2.56. The van der Waals surface area contributed by atoms with E-state index >= 15 is 0 Å². The minimum Gasteiger partial charge on any atom is -0.343 e. The highest BCUT2D eigenvalue weighted by atomic mass is 32.1. The number of aryl methyl sites for hydroxylation is 2. The molecule has 3 heterocycles. The predicted octanol–water partition coefficient (Wildman–Crippen LogP) is 2.45. The molecule has 0 atom stereocenters. The molecule has 0 radical (unpaired) electrons. The van der Waals surface area contributed by atoms with Gasteiger partial charge in [0.1, 0.15) is 0 Å². The number of aromatic nitrogens is 3. The molecule has 0 amide bonds. The third-order valence-electron chi connectivity index (χ3n) is 3.31. The lowest BCUT2D eigenvalue weighted by molar-refractivity contribution is 0.764. The van der Waals surface area contributed by atoms with Crippen LogP contribution in [0.3, 0.4) is 0 Å². The van der Waals surface area contributed by atoms with Crippen molar-refractivity contribution in [2.75, 3.05) is 0 Å². The van der Waals surface area contributed by atoms with E-state index in [0.717, 1.165) is 28.7 Å². The van der Waals surface area contributed by atoms with Crippen LogP contribution in [0.15, 0.2) is 28.5 Å². The molecule has 0 aliphatic rings. The number of nitrogens with one attached hydrogen (secondary N) is 1. The van der Waals surface area contributed by atoms with Crippen LogP contribution in [0.1, 0.15) is 16.3 Å². The van der Waals surface area contributed by atoms with Crippen molar-refractivity contribution < 1.29 is 0 Å². The molecule has 92 valence electrons. The lowest BCUT2D eigenvalue weighted by Crippen LogP contribution is -2.08. The Hall–Kier alpha value is -1.88. The first-order valence-electron chi connectivity index (χ1n) is 5.74. The molecule has 3 rings (SSSR count). The van der Waals surface area contributed by atoms with Gasteiger partial charge in [-0.15, -0.1) is 11.3 Å². The number of rotatable bonds is 2. The fraction of sp³-hybridized carbons (Fsp3) is 0.231. The lowest BCUT2D eigenvalue weighted by Gasteiger charge is -2.07. The average Bonchev–Trinajstić information content (AvgIpc) is 2.94. The molecule has 18 heavy (non-hydrogen) atoms. The van der Waals surface area contributed by atoms with E-state index in [1.807, 2.05) is 19.9 Å². The van der Waals surface area contributed by atoms with Gasteiger partial charge < -0.3 is 4.57 Å². The van der Waals surface area contributed by atoms with Crippen molar-refractivity contribution in [1.82, 2.24) is 14.8 Å². The third-order valence-corrected chi connectivity index (χ3v) is 4.17. The fourth-order valence-electron chi connectivity index (χ4n) is 2.36. The van der Waals surface area contributed by atoms with Crippen molar-refractivity contribution >= 4 is 22.1 Å². The molecule has 3 aromatic rings. The number of hydrogen-bond acceptors (Lipinski definition) is 3. The van der Waals surface area contributed by atoms with Gasteiger partial charge in [0.2, 0.25) is 0 Å². The van der Waals surface area contributed by atoms with Crippen LogP contribution in [0.25, 0.3) is 10.8 Å². The van der Waals surface area contributed by atoms with E-state index in [1.54, 1.807) is 17.5 Å². The van der Waals surface area contributed by atoms with Gasteiger partial charge in [-0.05, 0) is 25.3 Å². The minimum absolute atomic E-state index is 0.113. The van der Waals surface area contributed by atoms with Gasteiger partial charge in [0.25, 0.3) is 5.56 Å². The van der Waals surface area contributed by atoms with Gasteiger partial charge in [-0.25, -0.2) is 5.10 Å². The molecule has 3 aromatic heterocycles. The summed E-state index contributed by atoms with van der Waals surface area (Å²) in [6.45, 7) is 4.83. The highest BCUT2D eigenvalue weighted by Crippen LogP contribution is 2.23. The van der Waals surface area contributed by atoms with Crippen molar-refractivity contribution in [2.24, 2.45) is 0 Å². The van der Waals surface area contributed by atoms with Crippen LogP contribution in [0.2, 0.25) is 0 Å². The Bertz CT molecular complexity index is 752. The van der Waals surface area contributed by atoms with Crippen LogP contribution < -0.4 is 5.56 Å². The summed E-state index contributed by atoms with van der Waals surface area (Å²) in [5.41, 5.74) is 1.98. The SMILES string of the molecule is Cc1c2cn[nH]c(=O)c2c(C)n1Cc1cccs1. The first kappa shape index (κ1) is 11.2. The highest BCUT2D eigenvalue weighted by molar-refractivity contribution is 7.09. The van der Waals surface area contributed by atoms with Crippen molar-refractivity contribution in [3.8, 4) is 0 Å². The number of fused-ring (bicyclic) bond motifs is 1. The zero-order valence-corrected chi connectivity index (χ0v) is 11.0. The van der Waals surface area contributed by atoms with Crippen LogP contribution in [-0.4, -0.2) is 14.8 Å². The number of H-pyrrole nitrogens is 1. The van der Waals surface area contributed by atoms with Crippen LogP contribution in [-0.2, 0) is 6.54 Å². The number of aromatic amines is 1. The predicted molar refractivity (Wildman–Crippen MR) is 73.2 cm³/mol. The Morgan fingerprint density at radius 3 is 2.89 bits per heavy atom. The zero-order valence-electron chi connectivity index (χ0n) is 10.2. The second-order valence-electron chi connectivity index (χ2n) is 4.32. The summed E-state index contributed by atoms with van der Waals surface area (Å²) in [6.07, 6.45) is 1.73. The van der Waals surface area contributed by atoms with Gasteiger partial charge in [-0.1, -0.05) is 6.07 Å². The Labute approximate surface area is 108 Å². The molecule has 5 heteroatoms. The van der Waals surface area contributed by atoms with E-state index in [-0.39, 0.29) is 5.56 Å². The second-order valence-corrected chi connectivity index (χ2v) is 5.36. The van der Waals surface area contributed by atoms with E-state index in [4.69, 9.17) is 0 Å². The van der Waals surface area contributed by atoms with Gasteiger partial charge in [-0.2, -0.15) is 5.10 Å². The van der Waals surface area contributed by atoms with E-state index < -0.39 is 0 Å². The molecule has 0 bridgehead atoms. The summed E-state index contributed by atoms with van der Waals surface area (Å²) in [6, 6.07) is 4.15. The summed E-state index contributed by atoms with van der Waals surface area (Å²) in [4.78, 5) is 13.1. The molecule has 0 aromatic carbocycles. The Balaban J connectivity index is 2.24. The van der Waals surface area contributed by atoms with Gasteiger partial charge in [0.05, 0.1) is 18.1 Å². The average molecular weight is 259 g/mol. The van der Waals surface area contributed by atoms with Crippen molar-refractivity contribution in [2.45, 2.75) is 20.4 Å². The van der Waals surface area contributed by atoms with Crippen LogP contribution >= 0.6 is 11.3 Å². The number of nitrogens with zero attached hydrogens (tertiary/aromatic N) is 2. The maximum absolute atomic E-state index is 11.8. The van der Waals surface area contributed by atoms with Crippen LogP contribution in [0.5, 0.6) is 0 Å². The molecule has 0 unspecified atom stereocenters. The minimum atomic E-state index is -0.113. The van der Waals surface area contributed by atoms with Gasteiger partial charge >= 0.3 is 0 Å². The molecular weight excluding hydrogens is 246 g/mol. The van der Waals surface area contributed by atoms with E-state index in [2.05, 4.69) is 26.2 Å². The Morgan fingerprint density at radius 1 is 1.39 bits per heavy atom. The smallest absolute Gasteiger partial charge is 0.273 e. The van der Waals surface area contributed by atoms with E-state index in [1.165, 1.54) is 4.88 Å². The molecule has 0 saturated heterocycles. The molecule has 0 aliphatic carbocycles. The first-order valence-corrected chi connectivity index (χ1v) is 6.62. The lowest BCUT2D eigenvalue weighted by atomic mass is 10.2. The largest absolute Gasteiger partial charge is 0.343 e. The molecule has 4 nitrogen and oxygen atoms in total. The van der Waals surface area contributed by atoms with Crippen LogP contribution in [0, 0.1) is 13.8 Å². The monoisotopic (exact) mass is 259 g/mol. The molecule has 0 saturated carbocycles. The van der Waals surface area contributed by atoms with Gasteiger partial charge in [-0.3, -0.25) is 4.79 Å². The molecule has 0 fully saturated rings. The quantitative estimate of drug-likeness (QED) is 0.768. The summed E-state index contributed by atoms with van der Waals surface area (Å²) >= 11 is 1.73. The zero-order chi connectivity index (χ0) is 12.7. The molecule has 0 aliphatic heterocycles. The molecule has 1 N–H and O–H groups in total. The van der Waals surface area contributed by atoms with Crippen LogP contribution in [0.4, 0.5) is 0 Å². The van der Waals surface area contributed by atoms with Gasteiger partial charge in [0.15, 0.2) is 0 Å². The van der Waals surface area contributed by atoms with Crippen molar-refractivity contribution in [1.29, 1.82) is 0 Å². The summed E-state index contributed by atoms with van der Waals surface area (Å²) in [5.74, 6) is 0. The van der Waals surface area contributed by atoms with E-state index in [9.17, 15) is 4.79 Å². The normalized spacial score (nSPS) is 11.2. The highest BCUT2D eigenvalue weighted by Gasteiger charge is 2.14. The maximum atomic E-state index is 11.8. The first-order chi connectivity index (χ1) is 8.68. The number of hydrogen-bond donors (Lipinski definition) is 1. The summed E-state index contributed by atoms with van der Waals surface area (Å²) in [5, 5.41) is 10.1. The second kappa shape index (κ2) is 4.10. The Morgan fingerprint density at radius 2 is 2.22 bits per heavy atom. The third kappa shape index (κ3) is 1.59. The van der Waals surface area contributed by atoms with Crippen molar-refractivity contribution in [3.63, 3.8) is 0 Å². The summed E-state index contributed by atoms with van der Waals surface area (Å²) < 4.78 is 2.17. The van der Waals surface area contributed by atoms with E-state index in [0.29, 0.717) is 0 Å².